The van der Waals surface area contributed by atoms with Crippen LogP contribution in [0.25, 0.3) is 0 Å². The summed E-state index contributed by atoms with van der Waals surface area (Å²) in [7, 11) is 0. The van der Waals surface area contributed by atoms with Gasteiger partial charge in [0.15, 0.2) is 0 Å². The van der Waals surface area contributed by atoms with Crippen LogP contribution in [-0.4, -0.2) is 23.4 Å². The minimum Gasteiger partial charge on any atom is -0.481 e. The molecule has 0 rings (SSSR count). The van der Waals surface area contributed by atoms with Crippen molar-refractivity contribution in [2.75, 3.05) is 12.3 Å². The van der Waals surface area contributed by atoms with Gasteiger partial charge in [-0.3, -0.25) is 4.79 Å². The van der Waals surface area contributed by atoms with Gasteiger partial charge >= 0.3 is 5.97 Å². The Bertz CT molecular complexity index is 93.0. The maximum Gasteiger partial charge on any atom is 0.303 e. The molecule has 0 bridgehead atoms. The Hall–Kier alpha value is -0.220. The first-order valence-electron chi connectivity index (χ1n) is 2.73. The van der Waals surface area contributed by atoms with E-state index in [2.05, 4.69) is 12.6 Å². The smallest absolute Gasteiger partial charge is 0.303 e. The Morgan fingerprint density at radius 2 is 2.33 bits per heavy atom. The summed E-state index contributed by atoms with van der Waals surface area (Å²) in [6.45, 7) is 0.399. The van der Waals surface area contributed by atoms with Gasteiger partial charge < -0.3 is 10.8 Å². The van der Waals surface area contributed by atoms with E-state index in [0.29, 0.717) is 12.3 Å². The van der Waals surface area contributed by atoms with E-state index in [9.17, 15) is 4.79 Å². The molecule has 54 valence electrons. The molecule has 1 atom stereocenters. The highest BCUT2D eigenvalue weighted by Crippen LogP contribution is 2.01. The Balaban J connectivity index is 3.43. The third kappa shape index (κ3) is 4.29. The highest BCUT2D eigenvalue weighted by atomic mass is 32.1. The van der Waals surface area contributed by atoms with Crippen LogP contribution in [0.4, 0.5) is 0 Å². The minimum absolute atomic E-state index is 0.0193. The van der Waals surface area contributed by atoms with Crippen LogP contribution in [0.15, 0.2) is 0 Å². The predicted octanol–water partition coefficient (Wildman–Crippen LogP) is -0.0342. The fourth-order valence-corrected chi connectivity index (χ4v) is 0.748. The number of thiol groups is 1. The number of carbonyl (C=O) groups is 1. The monoisotopic (exact) mass is 149 g/mol. The molecule has 0 aliphatic carbocycles. The zero-order chi connectivity index (χ0) is 7.28. The Morgan fingerprint density at radius 1 is 1.78 bits per heavy atom. The van der Waals surface area contributed by atoms with Gasteiger partial charge in [0.2, 0.25) is 0 Å². The molecule has 0 heterocycles. The summed E-state index contributed by atoms with van der Waals surface area (Å²) in [5, 5.41) is 8.26. The molecule has 4 heteroatoms. The van der Waals surface area contributed by atoms with Gasteiger partial charge in [0, 0.05) is 0 Å². The van der Waals surface area contributed by atoms with Crippen LogP contribution in [0.3, 0.4) is 0 Å². The highest BCUT2D eigenvalue weighted by Gasteiger charge is 2.07. The van der Waals surface area contributed by atoms with Crippen LogP contribution in [0.2, 0.25) is 0 Å². The molecular weight excluding hydrogens is 138 g/mol. The van der Waals surface area contributed by atoms with Crippen LogP contribution >= 0.6 is 12.6 Å². The summed E-state index contributed by atoms with van der Waals surface area (Å²) in [6, 6.07) is 0. The van der Waals surface area contributed by atoms with Crippen LogP contribution in [0.5, 0.6) is 0 Å². The maximum absolute atomic E-state index is 10.0. The van der Waals surface area contributed by atoms with Gasteiger partial charge in [-0.2, -0.15) is 12.6 Å². The molecule has 9 heavy (non-hydrogen) atoms. The topological polar surface area (TPSA) is 63.3 Å². The average Bonchev–Trinajstić information content (AvgIpc) is 1.82. The molecule has 3 N–H and O–H groups in total. The molecule has 0 unspecified atom stereocenters. The molecule has 0 amide bonds. The minimum atomic E-state index is -0.806. The van der Waals surface area contributed by atoms with E-state index in [1.165, 1.54) is 0 Å². The second kappa shape index (κ2) is 4.64. The van der Waals surface area contributed by atoms with Crippen molar-refractivity contribution < 1.29 is 9.90 Å². The molecule has 3 nitrogen and oxygen atoms in total. The van der Waals surface area contributed by atoms with Crippen molar-refractivity contribution in [3.63, 3.8) is 0 Å². The zero-order valence-corrected chi connectivity index (χ0v) is 5.97. The van der Waals surface area contributed by atoms with Crippen molar-refractivity contribution in [3.8, 4) is 0 Å². The fraction of sp³-hybridized carbons (Fsp3) is 0.800. The maximum atomic E-state index is 10.0. The molecule has 0 aliphatic rings. The molecule has 0 aromatic carbocycles. The van der Waals surface area contributed by atoms with Crippen LogP contribution in [0.1, 0.15) is 6.42 Å². The number of aliphatic carboxylic acids is 1. The third-order valence-electron chi connectivity index (χ3n) is 1.05. The van der Waals surface area contributed by atoms with E-state index < -0.39 is 5.97 Å². The lowest BCUT2D eigenvalue weighted by molar-refractivity contribution is -0.137. The summed E-state index contributed by atoms with van der Waals surface area (Å²) >= 11 is 3.93. The third-order valence-corrected chi connectivity index (χ3v) is 1.57. The molecule has 0 saturated heterocycles. The number of carboxylic acids is 1. The molecule has 0 fully saturated rings. The lowest BCUT2D eigenvalue weighted by Crippen LogP contribution is -2.19. The Labute approximate surface area is 59.6 Å². The zero-order valence-electron chi connectivity index (χ0n) is 5.08. The average molecular weight is 149 g/mol. The molecule has 0 aliphatic heterocycles. The summed E-state index contributed by atoms with van der Waals surface area (Å²) in [5.41, 5.74) is 5.22. The number of rotatable bonds is 4. The van der Waals surface area contributed by atoms with Gasteiger partial charge in [-0.25, -0.2) is 0 Å². The normalized spacial score (nSPS) is 13.1. The van der Waals surface area contributed by atoms with E-state index in [-0.39, 0.29) is 12.3 Å². The number of carboxylic acid groups (broad SMARTS) is 1. The van der Waals surface area contributed by atoms with E-state index >= 15 is 0 Å². The van der Waals surface area contributed by atoms with Crippen LogP contribution in [-0.2, 0) is 4.79 Å². The van der Waals surface area contributed by atoms with Crippen molar-refractivity contribution in [1.29, 1.82) is 0 Å². The molecule has 0 spiro atoms. The van der Waals surface area contributed by atoms with Crippen molar-refractivity contribution in [3.05, 3.63) is 0 Å². The first-order valence-corrected chi connectivity index (χ1v) is 3.36. The van der Waals surface area contributed by atoms with Gasteiger partial charge in [-0.15, -0.1) is 0 Å². The summed E-state index contributed by atoms with van der Waals surface area (Å²) in [4.78, 5) is 10.0. The highest BCUT2D eigenvalue weighted by molar-refractivity contribution is 7.80. The van der Waals surface area contributed by atoms with Gasteiger partial charge in [0.05, 0.1) is 6.42 Å². The molecule has 0 aromatic heterocycles. The van der Waals surface area contributed by atoms with Crippen molar-refractivity contribution in [1.82, 2.24) is 0 Å². The standard InChI is InChI=1S/C5H11NO2S/c6-2-4(3-9)1-5(7)8/h4,9H,1-3,6H2,(H,7,8)/t4-/m0/s1. The second-order valence-electron chi connectivity index (χ2n) is 1.88. The second-order valence-corrected chi connectivity index (χ2v) is 2.25. The summed E-state index contributed by atoms with van der Waals surface area (Å²) in [5.74, 6) is -0.242. The van der Waals surface area contributed by atoms with Crippen LogP contribution < -0.4 is 5.73 Å². The fourth-order valence-electron chi connectivity index (χ4n) is 0.469. The Kier molecular flexibility index (Phi) is 4.53. The van der Waals surface area contributed by atoms with Crippen molar-refractivity contribution in [2.45, 2.75) is 6.42 Å². The SMILES string of the molecule is NC[C@@H](CS)CC(=O)O. The van der Waals surface area contributed by atoms with Gasteiger partial charge in [-0.1, -0.05) is 0 Å². The van der Waals surface area contributed by atoms with E-state index in [0.717, 1.165) is 0 Å². The van der Waals surface area contributed by atoms with Gasteiger partial charge in [-0.05, 0) is 18.2 Å². The van der Waals surface area contributed by atoms with E-state index in [1.54, 1.807) is 0 Å². The van der Waals surface area contributed by atoms with Crippen molar-refractivity contribution in [2.24, 2.45) is 11.7 Å². The van der Waals surface area contributed by atoms with Gasteiger partial charge in [0.25, 0.3) is 0 Å². The number of hydrogen-bond acceptors (Lipinski definition) is 3. The number of nitrogens with two attached hydrogens (primary N) is 1. The van der Waals surface area contributed by atoms with E-state index in [4.69, 9.17) is 10.8 Å². The Morgan fingerprint density at radius 3 is 2.44 bits per heavy atom. The largest absolute Gasteiger partial charge is 0.481 e. The summed E-state index contributed by atoms with van der Waals surface area (Å²) < 4.78 is 0. The number of hydrogen-bond donors (Lipinski definition) is 3. The lowest BCUT2D eigenvalue weighted by atomic mass is 10.1. The predicted molar refractivity (Wildman–Crippen MR) is 38.7 cm³/mol. The molecular formula is C5H11NO2S. The van der Waals surface area contributed by atoms with Crippen LogP contribution in [0, 0.1) is 5.92 Å². The first-order chi connectivity index (χ1) is 4.20. The quantitative estimate of drug-likeness (QED) is 0.492. The first kappa shape index (κ1) is 8.78. The van der Waals surface area contributed by atoms with Gasteiger partial charge in [0.1, 0.15) is 0 Å². The van der Waals surface area contributed by atoms with E-state index in [1.807, 2.05) is 0 Å². The molecule has 0 saturated carbocycles. The molecule has 0 aromatic rings. The summed E-state index contributed by atoms with van der Waals surface area (Å²) in [6.07, 6.45) is 0.125. The van der Waals surface area contributed by atoms with Crippen molar-refractivity contribution >= 4 is 18.6 Å². The lowest BCUT2D eigenvalue weighted by Gasteiger charge is -2.05. The molecule has 0 radical (unpaired) electrons.